The van der Waals surface area contributed by atoms with Crippen LogP contribution in [0.25, 0.3) is 0 Å². The number of pyridine rings is 1. The standard InChI is InChI=1S/C12H21N3/c1-10(8-13)7-12(15(2)3)11-5-4-6-14-9-11/h4-6,9-10,12H,7-8,13H2,1-3H3. The fourth-order valence-corrected chi connectivity index (χ4v) is 1.70. The zero-order chi connectivity index (χ0) is 11.3. The molecule has 0 radical (unpaired) electrons. The number of nitrogens with zero attached hydrogens (tertiary/aromatic N) is 2. The molecule has 0 saturated carbocycles. The Hall–Kier alpha value is -0.930. The van der Waals surface area contributed by atoms with Crippen LogP contribution in [0.1, 0.15) is 24.9 Å². The van der Waals surface area contributed by atoms with Crippen LogP contribution in [0, 0.1) is 5.92 Å². The van der Waals surface area contributed by atoms with Gasteiger partial charge in [-0.3, -0.25) is 4.98 Å². The minimum atomic E-state index is 0.414. The SMILES string of the molecule is CC(CN)CC(c1cccnc1)N(C)C. The predicted octanol–water partition coefficient (Wildman–Crippen LogP) is 1.67. The molecular weight excluding hydrogens is 186 g/mol. The Balaban J connectivity index is 2.75. The van der Waals surface area contributed by atoms with Gasteiger partial charge in [0.1, 0.15) is 0 Å². The van der Waals surface area contributed by atoms with Gasteiger partial charge in [-0.1, -0.05) is 13.0 Å². The van der Waals surface area contributed by atoms with Gasteiger partial charge in [0, 0.05) is 18.4 Å². The molecule has 1 aromatic heterocycles. The first-order valence-corrected chi connectivity index (χ1v) is 5.41. The molecular formula is C12H21N3. The van der Waals surface area contributed by atoms with Crippen molar-refractivity contribution in [2.24, 2.45) is 11.7 Å². The Morgan fingerprint density at radius 3 is 2.67 bits per heavy atom. The fourth-order valence-electron chi connectivity index (χ4n) is 1.70. The number of aromatic nitrogens is 1. The van der Waals surface area contributed by atoms with E-state index in [1.54, 1.807) is 0 Å². The molecule has 1 rings (SSSR count). The smallest absolute Gasteiger partial charge is 0.0360 e. The Labute approximate surface area is 92.3 Å². The van der Waals surface area contributed by atoms with E-state index in [-0.39, 0.29) is 0 Å². The predicted molar refractivity (Wildman–Crippen MR) is 63.5 cm³/mol. The van der Waals surface area contributed by atoms with Crippen LogP contribution in [0.4, 0.5) is 0 Å². The zero-order valence-corrected chi connectivity index (χ0v) is 9.85. The van der Waals surface area contributed by atoms with Crippen molar-refractivity contribution in [2.45, 2.75) is 19.4 Å². The monoisotopic (exact) mass is 207 g/mol. The van der Waals surface area contributed by atoms with Crippen LogP contribution in [-0.4, -0.2) is 30.5 Å². The molecule has 84 valence electrons. The van der Waals surface area contributed by atoms with E-state index >= 15 is 0 Å². The average molecular weight is 207 g/mol. The molecule has 1 aromatic rings. The van der Waals surface area contributed by atoms with E-state index in [1.807, 2.05) is 18.5 Å². The Morgan fingerprint density at radius 2 is 2.20 bits per heavy atom. The van der Waals surface area contributed by atoms with Gasteiger partial charge >= 0.3 is 0 Å². The molecule has 3 heteroatoms. The summed E-state index contributed by atoms with van der Waals surface area (Å²) in [6.45, 7) is 2.93. The first-order valence-electron chi connectivity index (χ1n) is 5.41. The third-order valence-electron chi connectivity index (χ3n) is 2.72. The normalized spacial score (nSPS) is 15.3. The highest BCUT2D eigenvalue weighted by atomic mass is 15.1. The zero-order valence-electron chi connectivity index (χ0n) is 9.85. The molecule has 0 aliphatic heterocycles. The van der Waals surface area contributed by atoms with Gasteiger partial charge in [-0.05, 0) is 44.6 Å². The maximum absolute atomic E-state index is 5.66. The van der Waals surface area contributed by atoms with Gasteiger partial charge in [0.05, 0.1) is 0 Å². The summed E-state index contributed by atoms with van der Waals surface area (Å²) in [4.78, 5) is 6.39. The Morgan fingerprint density at radius 1 is 1.47 bits per heavy atom. The molecule has 0 aliphatic rings. The summed E-state index contributed by atoms with van der Waals surface area (Å²) >= 11 is 0. The Kier molecular flexibility index (Phi) is 4.72. The van der Waals surface area contributed by atoms with Crippen molar-refractivity contribution in [3.05, 3.63) is 30.1 Å². The van der Waals surface area contributed by atoms with E-state index in [0.29, 0.717) is 12.0 Å². The molecule has 0 saturated heterocycles. The lowest BCUT2D eigenvalue weighted by molar-refractivity contribution is 0.255. The van der Waals surface area contributed by atoms with Crippen molar-refractivity contribution < 1.29 is 0 Å². The van der Waals surface area contributed by atoms with Gasteiger partial charge in [0.15, 0.2) is 0 Å². The van der Waals surface area contributed by atoms with Crippen molar-refractivity contribution in [1.29, 1.82) is 0 Å². The van der Waals surface area contributed by atoms with Gasteiger partial charge in [0.2, 0.25) is 0 Å². The third-order valence-corrected chi connectivity index (χ3v) is 2.72. The van der Waals surface area contributed by atoms with Gasteiger partial charge in [0.25, 0.3) is 0 Å². The minimum Gasteiger partial charge on any atom is -0.330 e. The Bertz CT molecular complexity index is 271. The molecule has 0 spiro atoms. The second-order valence-electron chi connectivity index (χ2n) is 4.34. The first-order chi connectivity index (χ1) is 7.15. The summed E-state index contributed by atoms with van der Waals surface area (Å²) in [5.41, 5.74) is 6.93. The molecule has 2 unspecified atom stereocenters. The number of hydrogen-bond donors (Lipinski definition) is 1. The van der Waals surface area contributed by atoms with Crippen molar-refractivity contribution >= 4 is 0 Å². The van der Waals surface area contributed by atoms with Gasteiger partial charge in [-0.25, -0.2) is 0 Å². The van der Waals surface area contributed by atoms with Crippen molar-refractivity contribution in [3.63, 3.8) is 0 Å². The molecule has 0 aliphatic carbocycles. The van der Waals surface area contributed by atoms with Gasteiger partial charge < -0.3 is 10.6 Å². The van der Waals surface area contributed by atoms with Crippen molar-refractivity contribution in [1.82, 2.24) is 9.88 Å². The highest BCUT2D eigenvalue weighted by molar-refractivity contribution is 5.13. The largest absolute Gasteiger partial charge is 0.330 e. The van der Waals surface area contributed by atoms with E-state index < -0.39 is 0 Å². The summed E-state index contributed by atoms with van der Waals surface area (Å²) in [6.07, 6.45) is 4.83. The molecule has 2 N–H and O–H groups in total. The highest BCUT2D eigenvalue weighted by Crippen LogP contribution is 2.24. The number of rotatable bonds is 5. The second-order valence-corrected chi connectivity index (χ2v) is 4.34. The molecule has 0 fully saturated rings. The number of hydrogen-bond acceptors (Lipinski definition) is 3. The van der Waals surface area contributed by atoms with Gasteiger partial charge in [-0.15, -0.1) is 0 Å². The van der Waals surface area contributed by atoms with Crippen LogP contribution in [-0.2, 0) is 0 Å². The lowest BCUT2D eigenvalue weighted by Crippen LogP contribution is -2.24. The lowest BCUT2D eigenvalue weighted by atomic mass is 9.96. The van der Waals surface area contributed by atoms with Crippen LogP contribution >= 0.6 is 0 Å². The molecule has 3 nitrogen and oxygen atoms in total. The summed E-state index contributed by atoms with van der Waals surface area (Å²) in [5, 5.41) is 0. The fraction of sp³-hybridized carbons (Fsp3) is 0.583. The quantitative estimate of drug-likeness (QED) is 0.798. The van der Waals surface area contributed by atoms with Gasteiger partial charge in [-0.2, -0.15) is 0 Å². The summed E-state index contributed by atoms with van der Waals surface area (Å²) in [7, 11) is 4.20. The first kappa shape index (κ1) is 12.1. The molecule has 2 atom stereocenters. The third kappa shape index (κ3) is 3.61. The number of nitrogens with two attached hydrogens (primary N) is 1. The topological polar surface area (TPSA) is 42.1 Å². The summed E-state index contributed by atoms with van der Waals surface area (Å²) < 4.78 is 0. The maximum atomic E-state index is 5.66. The minimum absolute atomic E-state index is 0.414. The average Bonchev–Trinajstić information content (AvgIpc) is 2.26. The highest BCUT2D eigenvalue weighted by Gasteiger charge is 2.16. The molecule has 15 heavy (non-hydrogen) atoms. The van der Waals surface area contributed by atoms with E-state index in [0.717, 1.165) is 13.0 Å². The van der Waals surface area contributed by atoms with Crippen LogP contribution in [0.15, 0.2) is 24.5 Å². The van der Waals surface area contributed by atoms with E-state index in [9.17, 15) is 0 Å². The molecule has 1 heterocycles. The van der Waals surface area contributed by atoms with E-state index in [4.69, 9.17) is 5.73 Å². The van der Waals surface area contributed by atoms with Crippen LogP contribution in [0.2, 0.25) is 0 Å². The maximum Gasteiger partial charge on any atom is 0.0360 e. The summed E-state index contributed by atoms with van der Waals surface area (Å²) in [6, 6.07) is 4.53. The summed E-state index contributed by atoms with van der Waals surface area (Å²) in [5.74, 6) is 0.539. The van der Waals surface area contributed by atoms with Crippen LogP contribution < -0.4 is 5.73 Å². The van der Waals surface area contributed by atoms with Crippen LogP contribution in [0.5, 0.6) is 0 Å². The molecule has 0 bridgehead atoms. The van der Waals surface area contributed by atoms with Crippen molar-refractivity contribution in [3.8, 4) is 0 Å². The van der Waals surface area contributed by atoms with E-state index in [2.05, 4.69) is 37.0 Å². The second kappa shape index (κ2) is 5.83. The van der Waals surface area contributed by atoms with Crippen LogP contribution in [0.3, 0.4) is 0 Å². The van der Waals surface area contributed by atoms with Crippen molar-refractivity contribution in [2.75, 3.05) is 20.6 Å². The molecule has 0 amide bonds. The van der Waals surface area contributed by atoms with E-state index in [1.165, 1.54) is 5.56 Å². The lowest BCUT2D eigenvalue weighted by Gasteiger charge is -2.26. The molecule has 0 aromatic carbocycles.